The fourth-order valence-electron chi connectivity index (χ4n) is 3.22. The van der Waals surface area contributed by atoms with Crippen molar-refractivity contribution in [2.24, 2.45) is 0 Å². The molecule has 0 fully saturated rings. The van der Waals surface area contributed by atoms with Crippen LogP contribution in [0.4, 0.5) is 5.69 Å². The molecule has 0 saturated carbocycles. The van der Waals surface area contributed by atoms with Crippen LogP contribution in [0.15, 0.2) is 72.9 Å². The second-order valence-electron chi connectivity index (χ2n) is 6.47. The number of nitrogens with zero attached hydrogens (tertiary/aromatic N) is 6. The smallest absolute Gasteiger partial charge is 0.187 e. The van der Waals surface area contributed by atoms with Gasteiger partial charge in [0, 0.05) is 18.0 Å². The van der Waals surface area contributed by atoms with Crippen molar-refractivity contribution in [1.29, 1.82) is 0 Å². The standard InChI is InChI=1S/C22H14N6/c1-23-18-7-5-16(6-8-18)20-10-11-21-25-26-22(28(21)27-20)14-15-4-9-19-17(13-15)3-2-12-24-19/h2-13H,14H2. The molecule has 0 bridgehead atoms. The molecule has 6 heteroatoms. The Morgan fingerprint density at radius 1 is 0.929 bits per heavy atom. The van der Waals surface area contributed by atoms with Gasteiger partial charge < -0.3 is 0 Å². The van der Waals surface area contributed by atoms with Crippen molar-refractivity contribution in [3.63, 3.8) is 0 Å². The van der Waals surface area contributed by atoms with Crippen LogP contribution in [-0.2, 0) is 6.42 Å². The zero-order valence-corrected chi connectivity index (χ0v) is 14.8. The first kappa shape index (κ1) is 16.1. The fourth-order valence-corrected chi connectivity index (χ4v) is 3.22. The topological polar surface area (TPSA) is 60.3 Å². The molecule has 0 aliphatic carbocycles. The van der Waals surface area contributed by atoms with E-state index in [2.05, 4.69) is 38.2 Å². The maximum Gasteiger partial charge on any atom is 0.187 e. The third-order valence-corrected chi connectivity index (χ3v) is 4.65. The van der Waals surface area contributed by atoms with Crippen LogP contribution in [0.5, 0.6) is 0 Å². The lowest BCUT2D eigenvalue weighted by atomic mass is 10.1. The Kier molecular flexibility index (Phi) is 3.77. The van der Waals surface area contributed by atoms with Crippen molar-refractivity contribution in [1.82, 2.24) is 24.8 Å². The molecule has 3 aromatic heterocycles. The van der Waals surface area contributed by atoms with E-state index < -0.39 is 0 Å². The zero-order chi connectivity index (χ0) is 18.9. The lowest BCUT2D eigenvalue weighted by Crippen LogP contribution is -2.01. The van der Waals surface area contributed by atoms with E-state index in [-0.39, 0.29) is 0 Å². The van der Waals surface area contributed by atoms with Crippen molar-refractivity contribution in [2.75, 3.05) is 0 Å². The lowest BCUT2D eigenvalue weighted by molar-refractivity contribution is 0.842. The third-order valence-electron chi connectivity index (χ3n) is 4.65. The van der Waals surface area contributed by atoms with Crippen molar-refractivity contribution in [3.05, 3.63) is 95.7 Å². The Morgan fingerprint density at radius 2 is 1.82 bits per heavy atom. The number of rotatable bonds is 3. The summed E-state index contributed by atoms with van der Waals surface area (Å²) < 4.78 is 1.78. The van der Waals surface area contributed by atoms with Gasteiger partial charge in [-0.1, -0.05) is 36.4 Å². The Morgan fingerprint density at radius 3 is 2.68 bits per heavy atom. The molecule has 0 radical (unpaired) electrons. The van der Waals surface area contributed by atoms with Crippen molar-refractivity contribution < 1.29 is 0 Å². The minimum absolute atomic E-state index is 0.612. The summed E-state index contributed by atoms with van der Waals surface area (Å²) in [6.07, 6.45) is 2.42. The Bertz CT molecular complexity index is 1350. The highest BCUT2D eigenvalue weighted by Gasteiger charge is 2.10. The van der Waals surface area contributed by atoms with Crippen molar-refractivity contribution >= 4 is 22.2 Å². The molecular formula is C22H14N6. The van der Waals surface area contributed by atoms with Crippen LogP contribution in [0.1, 0.15) is 11.4 Å². The monoisotopic (exact) mass is 362 g/mol. The first-order valence-corrected chi connectivity index (χ1v) is 8.83. The summed E-state index contributed by atoms with van der Waals surface area (Å²) in [5, 5.41) is 14.4. The van der Waals surface area contributed by atoms with E-state index in [4.69, 9.17) is 11.7 Å². The Hall–Kier alpha value is -4.11. The van der Waals surface area contributed by atoms with Crippen LogP contribution >= 0.6 is 0 Å². The van der Waals surface area contributed by atoms with Gasteiger partial charge in [0.2, 0.25) is 0 Å². The SMILES string of the molecule is [C-]#[N+]c1ccc(-c2ccc3nnc(Cc4ccc5ncccc5c4)n3n2)cc1. The van der Waals surface area contributed by atoms with Gasteiger partial charge in [-0.05, 0) is 41.5 Å². The molecule has 2 aromatic carbocycles. The summed E-state index contributed by atoms with van der Waals surface area (Å²) in [7, 11) is 0. The zero-order valence-electron chi connectivity index (χ0n) is 14.8. The molecule has 0 aliphatic heterocycles. The first-order valence-electron chi connectivity index (χ1n) is 8.83. The second kappa shape index (κ2) is 6.56. The van der Waals surface area contributed by atoms with Gasteiger partial charge in [-0.15, -0.1) is 10.2 Å². The molecule has 3 heterocycles. The maximum absolute atomic E-state index is 7.08. The molecule has 0 N–H and O–H groups in total. The van der Waals surface area contributed by atoms with E-state index in [1.807, 2.05) is 36.4 Å². The van der Waals surface area contributed by atoms with E-state index >= 15 is 0 Å². The van der Waals surface area contributed by atoms with E-state index in [1.165, 1.54) is 0 Å². The van der Waals surface area contributed by atoms with E-state index in [0.29, 0.717) is 17.8 Å². The number of hydrogen-bond donors (Lipinski definition) is 0. The van der Waals surface area contributed by atoms with Gasteiger partial charge >= 0.3 is 0 Å². The van der Waals surface area contributed by atoms with Gasteiger partial charge in [0.15, 0.2) is 17.2 Å². The number of fused-ring (bicyclic) bond motifs is 2. The van der Waals surface area contributed by atoms with Gasteiger partial charge in [-0.25, -0.2) is 4.85 Å². The minimum Gasteiger partial charge on any atom is -0.256 e. The largest absolute Gasteiger partial charge is 0.256 e. The Balaban J connectivity index is 1.52. The van der Waals surface area contributed by atoms with Gasteiger partial charge in [0.1, 0.15) is 0 Å². The average Bonchev–Trinajstić information content (AvgIpc) is 3.16. The predicted octanol–water partition coefficient (Wildman–Crippen LogP) is 4.48. The van der Waals surface area contributed by atoms with Crippen LogP contribution in [0, 0.1) is 6.57 Å². The molecule has 0 spiro atoms. The van der Waals surface area contributed by atoms with Crippen LogP contribution in [0.2, 0.25) is 0 Å². The van der Waals surface area contributed by atoms with E-state index in [9.17, 15) is 0 Å². The normalized spacial score (nSPS) is 11.0. The molecule has 6 nitrogen and oxygen atoms in total. The quantitative estimate of drug-likeness (QED) is 0.444. The minimum atomic E-state index is 0.612. The van der Waals surface area contributed by atoms with E-state index in [1.54, 1.807) is 22.8 Å². The molecule has 0 atom stereocenters. The lowest BCUT2D eigenvalue weighted by Gasteiger charge is -2.05. The average molecular weight is 362 g/mol. The van der Waals surface area contributed by atoms with Gasteiger partial charge in [0.25, 0.3) is 0 Å². The van der Waals surface area contributed by atoms with Crippen LogP contribution in [0.25, 0.3) is 32.7 Å². The molecule has 0 amide bonds. The molecular weight excluding hydrogens is 348 g/mol. The molecule has 0 aliphatic rings. The van der Waals surface area contributed by atoms with Gasteiger partial charge in [-0.3, -0.25) is 4.98 Å². The summed E-state index contributed by atoms with van der Waals surface area (Å²) in [5.74, 6) is 0.776. The Labute approximate surface area is 160 Å². The highest BCUT2D eigenvalue weighted by molar-refractivity contribution is 5.79. The molecule has 5 aromatic rings. The highest BCUT2D eigenvalue weighted by Crippen LogP contribution is 2.22. The van der Waals surface area contributed by atoms with Gasteiger partial charge in [-0.2, -0.15) is 9.61 Å². The summed E-state index contributed by atoms with van der Waals surface area (Å²) in [6, 6.07) is 21.4. The number of aromatic nitrogens is 5. The maximum atomic E-state index is 7.08. The third kappa shape index (κ3) is 2.85. The fraction of sp³-hybridized carbons (Fsp3) is 0.0455. The number of pyridine rings is 1. The van der Waals surface area contributed by atoms with E-state index in [0.717, 1.165) is 33.5 Å². The molecule has 0 saturated heterocycles. The first-order chi connectivity index (χ1) is 13.8. The van der Waals surface area contributed by atoms with Crippen molar-refractivity contribution in [2.45, 2.75) is 6.42 Å². The molecule has 28 heavy (non-hydrogen) atoms. The van der Waals surface area contributed by atoms with Gasteiger partial charge in [0.05, 0.1) is 17.8 Å². The van der Waals surface area contributed by atoms with Crippen LogP contribution in [0.3, 0.4) is 0 Å². The molecule has 5 rings (SSSR count). The molecule has 0 unspecified atom stereocenters. The summed E-state index contributed by atoms with van der Waals surface area (Å²) >= 11 is 0. The summed E-state index contributed by atoms with van der Waals surface area (Å²) in [5.41, 5.74) is 5.18. The van der Waals surface area contributed by atoms with Crippen molar-refractivity contribution in [3.8, 4) is 11.3 Å². The molecule has 132 valence electrons. The number of benzene rings is 2. The summed E-state index contributed by atoms with van der Waals surface area (Å²) in [4.78, 5) is 7.79. The highest BCUT2D eigenvalue weighted by atomic mass is 15.4. The second-order valence-corrected chi connectivity index (χ2v) is 6.47. The predicted molar refractivity (Wildman–Crippen MR) is 107 cm³/mol. The number of hydrogen-bond acceptors (Lipinski definition) is 4. The van der Waals surface area contributed by atoms with Crippen LogP contribution in [-0.4, -0.2) is 24.8 Å². The van der Waals surface area contributed by atoms with Crippen LogP contribution < -0.4 is 0 Å². The summed E-state index contributed by atoms with van der Waals surface area (Å²) in [6.45, 7) is 7.08.